The average molecular weight is 500 g/mol. The molecule has 116 valence electrons. The van der Waals surface area contributed by atoms with Crippen LogP contribution < -0.4 is 6.54 Å². The topological polar surface area (TPSA) is 26.3 Å². The Morgan fingerprint density at radius 3 is 2.30 bits per heavy atom. The predicted molar refractivity (Wildman–Crippen MR) is 95.7 cm³/mol. The molecule has 0 aromatic heterocycles. The summed E-state index contributed by atoms with van der Waals surface area (Å²) < 4.78 is 9.29. The zero-order valence-electron chi connectivity index (χ0n) is 13.1. The summed E-state index contributed by atoms with van der Waals surface area (Å²) in [6, 6.07) is 18.9. The minimum atomic E-state index is -2.21. The second-order valence-corrected chi connectivity index (χ2v) is 14.2. The van der Waals surface area contributed by atoms with Gasteiger partial charge in [0.2, 0.25) is 0 Å². The molecule has 1 aliphatic carbocycles. The third-order valence-electron chi connectivity index (χ3n) is 3.84. The second-order valence-electron chi connectivity index (χ2n) is 5.33. The summed E-state index contributed by atoms with van der Waals surface area (Å²) in [6.45, 7) is 0. The number of ether oxygens (including phenoxy) is 1. The quantitative estimate of drug-likeness (QED) is 0.477. The van der Waals surface area contributed by atoms with Gasteiger partial charge in [0.15, 0.2) is 0 Å². The van der Waals surface area contributed by atoms with Crippen LogP contribution in [0.4, 0.5) is 0 Å². The molecule has 2 aromatic rings. The molecule has 0 spiro atoms. The molecule has 0 atom stereocenters. The molecule has 0 saturated heterocycles. The summed E-state index contributed by atoms with van der Waals surface area (Å²) in [6.07, 6.45) is 9.01. The van der Waals surface area contributed by atoms with Gasteiger partial charge in [0, 0.05) is 0 Å². The van der Waals surface area contributed by atoms with Crippen molar-refractivity contribution in [2.45, 2.75) is 12.8 Å². The first-order valence-corrected chi connectivity index (χ1v) is 12.9. The second kappa shape index (κ2) is 7.70. The van der Waals surface area contributed by atoms with Gasteiger partial charge in [0.1, 0.15) is 0 Å². The molecule has 0 heterocycles. The molecular weight excluding hydrogens is 481 g/mol. The first-order valence-electron chi connectivity index (χ1n) is 7.69. The number of allylic oxidation sites excluding steroid dienone is 4. The van der Waals surface area contributed by atoms with Gasteiger partial charge in [-0.05, 0) is 0 Å². The molecule has 0 amide bonds. The van der Waals surface area contributed by atoms with Crippen LogP contribution in [-0.2, 0) is 4.74 Å². The van der Waals surface area contributed by atoms with Crippen molar-refractivity contribution in [3.8, 4) is 0 Å². The van der Waals surface area contributed by atoms with E-state index < -0.39 is 21.8 Å². The summed E-state index contributed by atoms with van der Waals surface area (Å²) in [5.41, 5.74) is 0.616. The van der Waals surface area contributed by atoms with E-state index in [9.17, 15) is 4.79 Å². The zero-order valence-corrected chi connectivity index (χ0v) is 16.6. The van der Waals surface area contributed by atoms with Gasteiger partial charge in [-0.1, -0.05) is 0 Å². The molecule has 0 unspecified atom stereocenters. The molecule has 0 N–H and O–H groups in total. The van der Waals surface area contributed by atoms with E-state index in [1.165, 1.54) is 13.7 Å². The molecule has 2 aromatic carbocycles. The summed E-state index contributed by atoms with van der Waals surface area (Å²) in [5, 5.41) is 0. The van der Waals surface area contributed by atoms with E-state index in [-0.39, 0.29) is 5.97 Å². The number of carbonyl (C=O) groups is 1. The van der Waals surface area contributed by atoms with Crippen LogP contribution in [-0.4, -0.2) is 34.8 Å². The van der Waals surface area contributed by atoms with Crippen molar-refractivity contribution in [1.82, 2.24) is 0 Å². The van der Waals surface area contributed by atoms with Crippen molar-refractivity contribution in [1.29, 1.82) is 0 Å². The minimum absolute atomic E-state index is 0.276. The van der Waals surface area contributed by atoms with E-state index in [4.69, 9.17) is 4.74 Å². The summed E-state index contributed by atoms with van der Waals surface area (Å²) >= 11 is -2.21. The van der Waals surface area contributed by atoms with Gasteiger partial charge >= 0.3 is 145 Å². The van der Waals surface area contributed by atoms with Gasteiger partial charge in [-0.2, -0.15) is 0 Å². The molecule has 0 saturated carbocycles. The van der Waals surface area contributed by atoms with Gasteiger partial charge in [0.05, 0.1) is 0 Å². The average Bonchev–Trinajstić information content (AvgIpc) is 2.64. The molecule has 1 aliphatic rings. The van der Waals surface area contributed by atoms with Crippen LogP contribution in [0.25, 0.3) is 0 Å². The fourth-order valence-electron chi connectivity index (χ4n) is 2.70. The molecule has 0 radical (unpaired) electrons. The van der Waals surface area contributed by atoms with E-state index in [0.717, 1.165) is 12.8 Å². The Balaban J connectivity index is 2.00. The molecule has 3 rings (SSSR count). The molecule has 0 fully saturated rings. The molecule has 0 bridgehead atoms. The number of benzene rings is 2. The van der Waals surface area contributed by atoms with Crippen LogP contribution in [0.15, 0.2) is 76.1 Å². The Hall–Kier alpha value is -1.73. The maximum absolute atomic E-state index is 11.6. The van der Waals surface area contributed by atoms with E-state index >= 15 is 0 Å². The summed E-state index contributed by atoms with van der Waals surface area (Å²) in [4.78, 5) is 11.6. The van der Waals surface area contributed by atoms with Gasteiger partial charge < -0.3 is 0 Å². The Morgan fingerprint density at radius 2 is 1.70 bits per heavy atom. The summed E-state index contributed by atoms with van der Waals surface area (Å²) in [5.74, 6) is -0.276. The summed E-state index contributed by atoms with van der Waals surface area (Å²) in [7, 11) is 1.42. The van der Waals surface area contributed by atoms with Gasteiger partial charge in [-0.15, -0.1) is 0 Å². The van der Waals surface area contributed by atoms with Gasteiger partial charge in [-0.3, -0.25) is 0 Å². The Morgan fingerprint density at radius 1 is 1.00 bits per heavy atom. The van der Waals surface area contributed by atoms with Gasteiger partial charge in [0.25, 0.3) is 0 Å². The van der Waals surface area contributed by atoms with Crippen LogP contribution in [0.3, 0.4) is 0 Å². The predicted octanol–water partition coefficient (Wildman–Crippen LogP) is 2.90. The first-order chi connectivity index (χ1) is 11.3. The van der Waals surface area contributed by atoms with Crippen LogP contribution in [0.2, 0.25) is 0 Å². The van der Waals surface area contributed by atoms with E-state index in [2.05, 4.69) is 60.7 Å². The third kappa shape index (κ3) is 3.79. The Labute approximate surface area is 145 Å². The van der Waals surface area contributed by atoms with Crippen LogP contribution in [0.5, 0.6) is 0 Å². The number of methoxy groups -OCH3 is 1. The fraction of sp³-hybridized carbons (Fsp3) is 0.150. The van der Waals surface area contributed by atoms with E-state index in [1.807, 2.05) is 12.1 Å². The number of hydrogen-bond acceptors (Lipinski definition) is 2. The molecule has 3 heteroatoms. The normalized spacial score (nSPS) is 13.7. The van der Waals surface area contributed by atoms with Crippen molar-refractivity contribution in [3.63, 3.8) is 0 Å². The number of carbonyl (C=O) groups excluding carboxylic acids is 1. The number of esters is 1. The van der Waals surface area contributed by atoms with E-state index in [0.29, 0.717) is 5.56 Å². The molecule has 2 nitrogen and oxygen atoms in total. The van der Waals surface area contributed by atoms with E-state index in [1.54, 1.807) is 3.28 Å². The first kappa shape index (κ1) is 16.1. The molecule has 0 aliphatic heterocycles. The fourth-order valence-corrected chi connectivity index (χ4v) is 12.3. The number of hydrogen-bond donors (Lipinski definition) is 0. The zero-order chi connectivity index (χ0) is 16.1. The molecule has 23 heavy (non-hydrogen) atoms. The Kier molecular flexibility index (Phi) is 5.40. The van der Waals surface area contributed by atoms with Crippen molar-refractivity contribution >= 4 is 34.3 Å². The van der Waals surface area contributed by atoms with Crippen LogP contribution in [0, 0.1) is 0 Å². The van der Waals surface area contributed by atoms with Crippen LogP contribution >= 0.6 is 0 Å². The standard InChI is InChI=1S/C8H7O2.C6H7.C6H5.Bi/c1-10-8(9)7-5-3-2-4-6-7;2*1-2-4-6-5-3-1;/h3-6H,1H3;1-3H,4,6H2;1-5H;. The van der Waals surface area contributed by atoms with Crippen molar-refractivity contribution in [2.24, 2.45) is 0 Å². The SMILES string of the molecule is COC(=O)c1cc[c]([Bi]([C]2=CC=CCC2)[c]2ccccc2)cc1. The van der Waals surface area contributed by atoms with Crippen molar-refractivity contribution in [3.05, 3.63) is 81.7 Å². The number of rotatable bonds is 4. The molecular formula is C20H19BiO2. The maximum atomic E-state index is 11.6. The van der Waals surface area contributed by atoms with Crippen LogP contribution in [0.1, 0.15) is 23.2 Å². The monoisotopic (exact) mass is 500 g/mol. The van der Waals surface area contributed by atoms with Crippen molar-refractivity contribution in [2.75, 3.05) is 7.11 Å². The van der Waals surface area contributed by atoms with Gasteiger partial charge in [-0.25, -0.2) is 0 Å². The Bertz CT molecular complexity index is 730. The third-order valence-corrected chi connectivity index (χ3v) is 13.9. The van der Waals surface area contributed by atoms with Crippen molar-refractivity contribution < 1.29 is 9.53 Å².